The predicted octanol–water partition coefficient (Wildman–Crippen LogP) is 3.37. The van der Waals surface area contributed by atoms with E-state index in [4.69, 9.17) is 4.74 Å². The van der Waals surface area contributed by atoms with E-state index in [-0.39, 0.29) is 0 Å². The molecule has 0 bridgehead atoms. The van der Waals surface area contributed by atoms with Gasteiger partial charge in [-0.25, -0.2) is 0 Å². The third-order valence-corrected chi connectivity index (χ3v) is 3.45. The summed E-state index contributed by atoms with van der Waals surface area (Å²) in [5.74, 6) is 0. The molecule has 1 aliphatic heterocycles. The van der Waals surface area contributed by atoms with E-state index < -0.39 is 0 Å². The molecule has 1 aromatic rings. The van der Waals surface area contributed by atoms with Gasteiger partial charge >= 0.3 is 0 Å². The lowest BCUT2D eigenvalue weighted by atomic mass is 10.1. The third kappa shape index (κ3) is 1.34. The molecular formula is C9H8Br2O. The Morgan fingerprint density at radius 3 is 2.75 bits per heavy atom. The Bertz CT molecular complexity index is 310. The van der Waals surface area contributed by atoms with Crippen molar-refractivity contribution >= 4 is 31.9 Å². The molecule has 64 valence electrons. The minimum Gasteiger partial charge on any atom is -0.372 e. The van der Waals surface area contributed by atoms with Gasteiger partial charge < -0.3 is 4.74 Å². The maximum absolute atomic E-state index is 5.39. The number of benzene rings is 1. The summed E-state index contributed by atoms with van der Waals surface area (Å²) in [6.45, 7) is 1.51. The lowest BCUT2D eigenvalue weighted by Crippen LogP contribution is -1.90. The molecular weight excluding hydrogens is 284 g/mol. The van der Waals surface area contributed by atoms with Crippen LogP contribution in [0.15, 0.2) is 16.6 Å². The summed E-state index contributed by atoms with van der Waals surface area (Å²) in [5, 5.41) is 0.909. The molecule has 0 atom stereocenters. The second kappa shape index (κ2) is 3.48. The largest absolute Gasteiger partial charge is 0.372 e. The molecule has 0 spiro atoms. The Kier molecular flexibility index (Phi) is 2.53. The van der Waals surface area contributed by atoms with Crippen LogP contribution >= 0.6 is 31.9 Å². The van der Waals surface area contributed by atoms with Gasteiger partial charge in [0, 0.05) is 9.80 Å². The fourth-order valence-electron chi connectivity index (χ4n) is 1.43. The molecule has 0 saturated carbocycles. The first-order valence-corrected chi connectivity index (χ1v) is 5.67. The van der Waals surface area contributed by atoms with Crippen molar-refractivity contribution in [3.05, 3.63) is 33.3 Å². The minimum absolute atomic E-state index is 0.747. The number of fused-ring (bicyclic) bond motifs is 1. The molecule has 12 heavy (non-hydrogen) atoms. The Hall–Kier alpha value is 0.140. The van der Waals surface area contributed by atoms with E-state index in [0.717, 1.165) is 18.5 Å². The van der Waals surface area contributed by atoms with Crippen LogP contribution in [-0.4, -0.2) is 0 Å². The van der Waals surface area contributed by atoms with Gasteiger partial charge in [0.05, 0.1) is 13.2 Å². The molecule has 1 nitrogen and oxygen atoms in total. The van der Waals surface area contributed by atoms with Gasteiger partial charge in [0.1, 0.15) is 0 Å². The Morgan fingerprint density at radius 2 is 2.00 bits per heavy atom. The van der Waals surface area contributed by atoms with Crippen LogP contribution in [0.25, 0.3) is 0 Å². The number of ether oxygens (including phenoxy) is 1. The van der Waals surface area contributed by atoms with Crippen molar-refractivity contribution in [2.24, 2.45) is 0 Å². The monoisotopic (exact) mass is 290 g/mol. The summed E-state index contributed by atoms with van der Waals surface area (Å²) in [6.07, 6.45) is 0. The highest BCUT2D eigenvalue weighted by Gasteiger charge is 2.16. The van der Waals surface area contributed by atoms with E-state index in [1.54, 1.807) is 0 Å². The number of rotatable bonds is 1. The maximum atomic E-state index is 5.39. The van der Waals surface area contributed by atoms with Gasteiger partial charge in [0.15, 0.2) is 0 Å². The SMILES string of the molecule is BrCc1ccc(Br)c2c1COC2. The molecule has 1 aromatic carbocycles. The number of hydrogen-bond acceptors (Lipinski definition) is 1. The smallest absolute Gasteiger partial charge is 0.0736 e. The zero-order valence-corrected chi connectivity index (χ0v) is 9.61. The predicted molar refractivity (Wildman–Crippen MR) is 55.3 cm³/mol. The summed E-state index contributed by atoms with van der Waals surface area (Å²) in [4.78, 5) is 0. The van der Waals surface area contributed by atoms with Crippen LogP contribution in [0.5, 0.6) is 0 Å². The zero-order chi connectivity index (χ0) is 8.55. The Morgan fingerprint density at radius 1 is 1.25 bits per heavy atom. The number of hydrogen-bond donors (Lipinski definition) is 0. The highest BCUT2D eigenvalue weighted by molar-refractivity contribution is 9.10. The van der Waals surface area contributed by atoms with E-state index in [1.807, 2.05) is 0 Å². The molecule has 0 N–H and O–H groups in total. The van der Waals surface area contributed by atoms with Crippen molar-refractivity contribution in [2.75, 3.05) is 0 Å². The quantitative estimate of drug-likeness (QED) is 0.721. The normalized spacial score (nSPS) is 14.8. The average molecular weight is 292 g/mol. The van der Waals surface area contributed by atoms with E-state index in [2.05, 4.69) is 44.0 Å². The van der Waals surface area contributed by atoms with Gasteiger partial charge in [-0.05, 0) is 22.8 Å². The van der Waals surface area contributed by atoms with Gasteiger partial charge in [-0.15, -0.1) is 0 Å². The van der Waals surface area contributed by atoms with Crippen molar-refractivity contribution in [3.63, 3.8) is 0 Å². The molecule has 0 fully saturated rings. The van der Waals surface area contributed by atoms with Crippen LogP contribution in [0.4, 0.5) is 0 Å². The van der Waals surface area contributed by atoms with Crippen molar-refractivity contribution in [3.8, 4) is 0 Å². The third-order valence-electron chi connectivity index (χ3n) is 2.11. The van der Waals surface area contributed by atoms with Crippen LogP contribution in [0.2, 0.25) is 0 Å². The molecule has 0 amide bonds. The molecule has 0 aliphatic carbocycles. The minimum atomic E-state index is 0.747. The van der Waals surface area contributed by atoms with Crippen molar-refractivity contribution < 1.29 is 4.74 Å². The molecule has 3 heteroatoms. The van der Waals surface area contributed by atoms with Gasteiger partial charge in [-0.2, -0.15) is 0 Å². The number of halogens is 2. The summed E-state index contributed by atoms with van der Waals surface area (Å²) < 4.78 is 6.55. The summed E-state index contributed by atoms with van der Waals surface area (Å²) in [6, 6.07) is 4.22. The highest BCUT2D eigenvalue weighted by atomic mass is 79.9. The lowest BCUT2D eigenvalue weighted by Gasteiger charge is -2.04. The van der Waals surface area contributed by atoms with Crippen molar-refractivity contribution in [1.29, 1.82) is 0 Å². The summed E-state index contributed by atoms with van der Waals surface area (Å²) >= 11 is 6.98. The first-order chi connectivity index (χ1) is 5.83. The van der Waals surface area contributed by atoms with Crippen LogP contribution in [-0.2, 0) is 23.3 Å². The zero-order valence-electron chi connectivity index (χ0n) is 6.44. The second-order valence-corrected chi connectivity index (χ2v) is 4.21. The lowest BCUT2D eigenvalue weighted by molar-refractivity contribution is 0.134. The van der Waals surface area contributed by atoms with Gasteiger partial charge in [0.25, 0.3) is 0 Å². The van der Waals surface area contributed by atoms with E-state index >= 15 is 0 Å². The van der Waals surface area contributed by atoms with Crippen molar-refractivity contribution in [1.82, 2.24) is 0 Å². The summed E-state index contributed by atoms with van der Waals surface area (Å²) in [5.41, 5.74) is 4.00. The highest BCUT2D eigenvalue weighted by Crippen LogP contribution is 2.31. The molecule has 0 saturated heterocycles. The fourth-order valence-corrected chi connectivity index (χ4v) is 2.44. The Balaban J connectivity index is 2.57. The molecule has 0 unspecified atom stereocenters. The van der Waals surface area contributed by atoms with Gasteiger partial charge in [-0.3, -0.25) is 0 Å². The molecule has 0 aromatic heterocycles. The first-order valence-electron chi connectivity index (χ1n) is 3.75. The molecule has 0 radical (unpaired) electrons. The molecule has 1 heterocycles. The van der Waals surface area contributed by atoms with Crippen LogP contribution < -0.4 is 0 Å². The van der Waals surface area contributed by atoms with Gasteiger partial charge in [-0.1, -0.05) is 37.9 Å². The second-order valence-electron chi connectivity index (χ2n) is 2.79. The Labute approximate surface area is 88.4 Å². The molecule has 1 aliphatic rings. The van der Waals surface area contributed by atoms with Crippen molar-refractivity contribution in [2.45, 2.75) is 18.5 Å². The van der Waals surface area contributed by atoms with Crippen LogP contribution in [0, 0.1) is 0 Å². The molecule has 2 rings (SSSR count). The number of alkyl halides is 1. The topological polar surface area (TPSA) is 9.23 Å². The van der Waals surface area contributed by atoms with E-state index in [0.29, 0.717) is 0 Å². The first kappa shape index (κ1) is 8.73. The van der Waals surface area contributed by atoms with E-state index in [9.17, 15) is 0 Å². The fraction of sp³-hybridized carbons (Fsp3) is 0.333. The van der Waals surface area contributed by atoms with Crippen LogP contribution in [0.3, 0.4) is 0 Å². The average Bonchev–Trinajstić information content (AvgIpc) is 2.54. The maximum Gasteiger partial charge on any atom is 0.0736 e. The van der Waals surface area contributed by atoms with Gasteiger partial charge in [0.2, 0.25) is 0 Å². The standard InChI is InChI=1S/C9H8Br2O/c10-3-6-1-2-9(11)8-5-12-4-7(6)8/h1-2H,3-5H2. The van der Waals surface area contributed by atoms with E-state index in [1.165, 1.54) is 21.2 Å². The van der Waals surface area contributed by atoms with Crippen LogP contribution in [0.1, 0.15) is 16.7 Å². The summed E-state index contributed by atoms with van der Waals surface area (Å²) in [7, 11) is 0.